The average molecular weight is 308 g/mol. The second-order valence-corrected chi connectivity index (χ2v) is 4.16. The second-order valence-electron chi connectivity index (χ2n) is 3.75. The molecule has 1 heterocycles. The number of halogens is 4. The van der Waals surface area contributed by atoms with Crippen molar-refractivity contribution in [2.75, 3.05) is 7.11 Å². The number of methoxy groups -OCH3 is 1. The fraction of sp³-hybridized carbons (Fsp3) is 0.273. The van der Waals surface area contributed by atoms with Crippen molar-refractivity contribution in [2.24, 2.45) is 5.73 Å². The first kappa shape index (κ1) is 14.6. The van der Waals surface area contributed by atoms with E-state index in [2.05, 4.69) is 10.1 Å². The van der Waals surface area contributed by atoms with Crippen LogP contribution in [-0.2, 0) is 12.7 Å². The number of ether oxygens (including phenoxy) is 1. The van der Waals surface area contributed by atoms with Crippen LogP contribution in [0.25, 0.3) is 11.4 Å². The number of nitrogens with two attached hydrogens (primary N) is 1. The molecule has 2 aromatic rings. The first-order chi connectivity index (χ1) is 9.36. The molecule has 0 bridgehead atoms. The van der Waals surface area contributed by atoms with Gasteiger partial charge in [0.1, 0.15) is 5.75 Å². The number of nitrogens with zero attached hydrogens (tertiary/aromatic N) is 2. The molecule has 108 valence electrons. The van der Waals surface area contributed by atoms with Crippen LogP contribution in [0.4, 0.5) is 13.2 Å². The number of benzene rings is 1. The van der Waals surface area contributed by atoms with Crippen LogP contribution in [0.1, 0.15) is 11.5 Å². The van der Waals surface area contributed by atoms with E-state index >= 15 is 0 Å². The molecule has 0 amide bonds. The number of hydrogen-bond donors (Lipinski definition) is 1. The molecule has 0 saturated heterocycles. The van der Waals surface area contributed by atoms with Crippen molar-refractivity contribution in [3.05, 3.63) is 28.6 Å². The zero-order chi connectivity index (χ0) is 14.9. The van der Waals surface area contributed by atoms with Gasteiger partial charge in [-0.15, -0.1) is 0 Å². The van der Waals surface area contributed by atoms with Crippen molar-refractivity contribution < 1.29 is 22.4 Å². The molecular formula is C11H9ClF3N3O2. The third-order valence-electron chi connectivity index (χ3n) is 2.46. The number of rotatable bonds is 3. The Balaban J connectivity index is 2.63. The fourth-order valence-corrected chi connectivity index (χ4v) is 1.87. The zero-order valence-corrected chi connectivity index (χ0v) is 10.9. The van der Waals surface area contributed by atoms with Gasteiger partial charge in [0.25, 0.3) is 0 Å². The van der Waals surface area contributed by atoms with E-state index in [1.807, 2.05) is 0 Å². The van der Waals surface area contributed by atoms with Crippen molar-refractivity contribution in [3.63, 3.8) is 0 Å². The first-order valence-corrected chi connectivity index (χ1v) is 5.72. The maximum absolute atomic E-state index is 12.8. The second kappa shape index (κ2) is 5.29. The molecule has 20 heavy (non-hydrogen) atoms. The van der Waals surface area contributed by atoms with E-state index in [1.165, 1.54) is 7.11 Å². The Kier molecular flexibility index (Phi) is 3.87. The molecular weight excluding hydrogens is 299 g/mol. The quantitative estimate of drug-likeness (QED) is 0.943. The summed E-state index contributed by atoms with van der Waals surface area (Å²) in [4.78, 5) is 3.86. The average Bonchev–Trinajstić information content (AvgIpc) is 2.85. The van der Waals surface area contributed by atoms with E-state index in [0.29, 0.717) is 0 Å². The number of aromatic nitrogens is 2. The lowest BCUT2D eigenvalue weighted by molar-refractivity contribution is -0.137. The molecule has 0 aliphatic rings. The monoisotopic (exact) mass is 307 g/mol. The van der Waals surface area contributed by atoms with E-state index < -0.39 is 11.7 Å². The highest BCUT2D eigenvalue weighted by molar-refractivity contribution is 6.32. The Bertz CT molecular complexity index is 628. The van der Waals surface area contributed by atoms with Crippen molar-refractivity contribution in [2.45, 2.75) is 12.7 Å². The Morgan fingerprint density at radius 3 is 2.60 bits per heavy atom. The molecule has 0 fully saturated rings. The van der Waals surface area contributed by atoms with Crippen LogP contribution in [0, 0.1) is 0 Å². The molecule has 0 saturated carbocycles. The molecule has 9 heteroatoms. The standard InChI is InChI=1S/C11H9ClF3N3O2/c1-19-9-6(10-17-8(4-16)20-18-10)2-5(3-7(9)12)11(13,14)15/h2-3H,4,16H2,1H3. The number of alkyl halides is 3. The van der Waals surface area contributed by atoms with Crippen LogP contribution in [0.15, 0.2) is 16.7 Å². The van der Waals surface area contributed by atoms with Gasteiger partial charge in [-0.2, -0.15) is 18.2 Å². The van der Waals surface area contributed by atoms with Gasteiger partial charge in [-0.1, -0.05) is 16.8 Å². The summed E-state index contributed by atoms with van der Waals surface area (Å²) in [6, 6.07) is 1.61. The van der Waals surface area contributed by atoms with Gasteiger partial charge in [0, 0.05) is 0 Å². The third-order valence-corrected chi connectivity index (χ3v) is 2.74. The molecule has 2 rings (SSSR count). The van der Waals surface area contributed by atoms with E-state index in [4.69, 9.17) is 26.6 Å². The number of hydrogen-bond acceptors (Lipinski definition) is 5. The van der Waals surface area contributed by atoms with Crippen LogP contribution in [0.5, 0.6) is 5.75 Å². The highest BCUT2D eigenvalue weighted by atomic mass is 35.5. The predicted octanol–water partition coefficient (Wildman–Crippen LogP) is 2.88. The third kappa shape index (κ3) is 2.70. The minimum Gasteiger partial charge on any atom is -0.494 e. The SMILES string of the molecule is COc1c(Cl)cc(C(F)(F)F)cc1-c1noc(CN)n1. The summed E-state index contributed by atoms with van der Waals surface area (Å²) in [7, 11) is 1.28. The van der Waals surface area contributed by atoms with Gasteiger partial charge in [-0.05, 0) is 12.1 Å². The molecule has 0 atom stereocenters. The van der Waals surface area contributed by atoms with Crippen molar-refractivity contribution >= 4 is 11.6 Å². The molecule has 0 unspecified atom stereocenters. The molecule has 1 aromatic heterocycles. The highest BCUT2D eigenvalue weighted by Gasteiger charge is 2.33. The van der Waals surface area contributed by atoms with E-state index in [1.54, 1.807) is 0 Å². The summed E-state index contributed by atoms with van der Waals surface area (Å²) < 4.78 is 48.1. The van der Waals surface area contributed by atoms with Gasteiger partial charge >= 0.3 is 6.18 Å². The van der Waals surface area contributed by atoms with Gasteiger partial charge in [-0.3, -0.25) is 0 Å². The van der Waals surface area contributed by atoms with Gasteiger partial charge in [0.05, 0.1) is 29.8 Å². The zero-order valence-electron chi connectivity index (χ0n) is 10.2. The normalized spacial score (nSPS) is 11.7. The molecule has 1 aromatic carbocycles. The summed E-state index contributed by atoms with van der Waals surface area (Å²) in [6.45, 7) is -0.0258. The lowest BCUT2D eigenvalue weighted by Gasteiger charge is -2.12. The minimum atomic E-state index is -4.55. The van der Waals surface area contributed by atoms with E-state index in [0.717, 1.165) is 12.1 Å². The lowest BCUT2D eigenvalue weighted by Crippen LogP contribution is -2.06. The van der Waals surface area contributed by atoms with Crippen molar-refractivity contribution in [3.8, 4) is 17.1 Å². The topological polar surface area (TPSA) is 74.2 Å². The van der Waals surface area contributed by atoms with Crippen LogP contribution in [0.2, 0.25) is 5.02 Å². The molecule has 0 aliphatic heterocycles. The molecule has 0 radical (unpaired) electrons. The van der Waals surface area contributed by atoms with Gasteiger partial charge in [0.15, 0.2) is 0 Å². The van der Waals surface area contributed by atoms with E-state index in [9.17, 15) is 13.2 Å². The smallest absolute Gasteiger partial charge is 0.416 e. The molecule has 0 aliphatic carbocycles. The minimum absolute atomic E-state index is 0.0178. The van der Waals surface area contributed by atoms with Crippen molar-refractivity contribution in [1.82, 2.24) is 10.1 Å². The van der Waals surface area contributed by atoms with Crippen LogP contribution >= 0.6 is 11.6 Å². The lowest BCUT2D eigenvalue weighted by atomic mass is 10.1. The largest absolute Gasteiger partial charge is 0.494 e. The summed E-state index contributed by atoms with van der Waals surface area (Å²) in [5.41, 5.74) is 4.36. The van der Waals surface area contributed by atoms with Gasteiger partial charge in [0.2, 0.25) is 11.7 Å². The Morgan fingerprint density at radius 2 is 2.10 bits per heavy atom. The fourth-order valence-electron chi connectivity index (χ4n) is 1.58. The molecule has 5 nitrogen and oxygen atoms in total. The Hall–Kier alpha value is -1.80. The highest BCUT2D eigenvalue weighted by Crippen LogP contribution is 2.40. The summed E-state index contributed by atoms with van der Waals surface area (Å²) in [5.74, 6) is 0.0509. The molecule has 2 N–H and O–H groups in total. The Labute approximate surface area is 116 Å². The summed E-state index contributed by atoms with van der Waals surface area (Å²) in [6.07, 6.45) is -4.55. The van der Waals surface area contributed by atoms with Gasteiger partial charge in [-0.25, -0.2) is 0 Å². The van der Waals surface area contributed by atoms with Gasteiger partial charge < -0.3 is 15.0 Å². The first-order valence-electron chi connectivity index (χ1n) is 5.34. The van der Waals surface area contributed by atoms with Crippen LogP contribution < -0.4 is 10.5 Å². The summed E-state index contributed by atoms with van der Waals surface area (Å²) >= 11 is 5.80. The summed E-state index contributed by atoms with van der Waals surface area (Å²) in [5, 5.41) is 3.36. The predicted molar refractivity (Wildman–Crippen MR) is 64.2 cm³/mol. The maximum Gasteiger partial charge on any atom is 0.416 e. The molecule has 0 spiro atoms. The Morgan fingerprint density at radius 1 is 1.40 bits per heavy atom. The van der Waals surface area contributed by atoms with Crippen molar-refractivity contribution in [1.29, 1.82) is 0 Å². The van der Waals surface area contributed by atoms with E-state index in [-0.39, 0.29) is 34.6 Å². The van der Waals surface area contributed by atoms with Crippen LogP contribution in [-0.4, -0.2) is 17.3 Å². The maximum atomic E-state index is 12.8. The van der Waals surface area contributed by atoms with Crippen LogP contribution in [0.3, 0.4) is 0 Å².